The number of ether oxygens (including phenoxy) is 2. The molecule has 51 heavy (non-hydrogen) atoms. The van der Waals surface area contributed by atoms with Gasteiger partial charge in [-0.25, -0.2) is 0 Å². The smallest absolute Gasteiger partial charge is 0.220 e. The Morgan fingerprint density at radius 3 is 1.53 bits per heavy atom. The third kappa shape index (κ3) is 24.8. The van der Waals surface area contributed by atoms with Crippen LogP contribution >= 0.6 is 0 Å². The van der Waals surface area contributed by atoms with Crippen LogP contribution in [-0.2, 0) is 14.3 Å². The van der Waals surface area contributed by atoms with Crippen LogP contribution in [0.15, 0.2) is 12.2 Å². The lowest BCUT2D eigenvalue weighted by Gasteiger charge is -2.40. The minimum absolute atomic E-state index is 0.181. The van der Waals surface area contributed by atoms with Gasteiger partial charge in [0.25, 0.3) is 0 Å². The molecule has 1 amide bonds. The Balaban J connectivity index is 2.15. The molecule has 1 rings (SSSR count). The maximum Gasteiger partial charge on any atom is 0.220 e. The van der Waals surface area contributed by atoms with Crippen molar-refractivity contribution in [1.29, 1.82) is 0 Å². The van der Waals surface area contributed by atoms with E-state index in [1.54, 1.807) is 6.08 Å². The van der Waals surface area contributed by atoms with E-state index >= 15 is 0 Å². The van der Waals surface area contributed by atoms with Gasteiger partial charge in [0.2, 0.25) is 5.91 Å². The Morgan fingerprint density at radius 1 is 0.647 bits per heavy atom. The van der Waals surface area contributed by atoms with Crippen LogP contribution in [0.2, 0.25) is 0 Å². The second kappa shape index (κ2) is 33.5. The summed E-state index contributed by atoms with van der Waals surface area (Å²) in [5.41, 5.74) is 0. The number of hydrogen-bond acceptors (Lipinski definition) is 8. The molecule has 1 heterocycles. The first-order valence-corrected chi connectivity index (χ1v) is 21.4. The molecule has 7 atom stereocenters. The van der Waals surface area contributed by atoms with Crippen LogP contribution in [0.5, 0.6) is 0 Å². The molecule has 0 aromatic heterocycles. The van der Waals surface area contributed by atoms with E-state index in [2.05, 4.69) is 19.2 Å². The fraction of sp³-hybridized carbons (Fsp3) is 0.929. The van der Waals surface area contributed by atoms with E-state index in [4.69, 9.17) is 9.47 Å². The van der Waals surface area contributed by atoms with E-state index < -0.39 is 49.5 Å². The van der Waals surface area contributed by atoms with E-state index in [-0.39, 0.29) is 12.5 Å². The van der Waals surface area contributed by atoms with Crippen molar-refractivity contribution >= 4 is 5.91 Å². The van der Waals surface area contributed by atoms with E-state index in [1.807, 2.05) is 6.08 Å². The normalized spacial score (nSPS) is 22.1. The Bertz CT molecular complexity index is 812. The molecule has 1 aliphatic heterocycles. The van der Waals surface area contributed by atoms with Gasteiger partial charge in [-0.1, -0.05) is 180 Å². The summed E-state index contributed by atoms with van der Waals surface area (Å²) >= 11 is 0. The van der Waals surface area contributed by atoms with Crippen molar-refractivity contribution in [2.75, 3.05) is 13.2 Å². The van der Waals surface area contributed by atoms with Crippen molar-refractivity contribution in [3.8, 4) is 0 Å². The highest BCUT2D eigenvalue weighted by atomic mass is 16.7. The SMILES string of the molecule is CCCCC/C=C/C(O)C(COC1OC(CO)C(O)C(O)C1O)NC(=O)CCCCCCCCCCCCCCCCCCCCCCCCC. The number of nitrogens with one attached hydrogen (secondary N) is 1. The van der Waals surface area contributed by atoms with Gasteiger partial charge in [0.1, 0.15) is 24.4 Å². The van der Waals surface area contributed by atoms with Crippen molar-refractivity contribution < 1.29 is 39.8 Å². The van der Waals surface area contributed by atoms with Gasteiger partial charge in [-0.2, -0.15) is 0 Å². The fourth-order valence-corrected chi connectivity index (χ4v) is 6.86. The molecular weight excluding hydrogens is 646 g/mol. The maximum atomic E-state index is 12.8. The van der Waals surface area contributed by atoms with Gasteiger partial charge in [0.05, 0.1) is 25.4 Å². The van der Waals surface area contributed by atoms with E-state index in [0.717, 1.165) is 44.9 Å². The second-order valence-electron chi connectivity index (χ2n) is 15.1. The van der Waals surface area contributed by atoms with Gasteiger partial charge >= 0.3 is 0 Å². The van der Waals surface area contributed by atoms with Crippen molar-refractivity contribution in [3.05, 3.63) is 12.2 Å². The van der Waals surface area contributed by atoms with Gasteiger partial charge in [0.15, 0.2) is 6.29 Å². The molecule has 0 aromatic rings. The van der Waals surface area contributed by atoms with Gasteiger partial charge in [0, 0.05) is 6.42 Å². The van der Waals surface area contributed by atoms with Crippen LogP contribution in [-0.4, -0.2) is 87.5 Å². The molecule has 6 N–H and O–H groups in total. The van der Waals surface area contributed by atoms with E-state index in [9.17, 15) is 30.3 Å². The summed E-state index contributed by atoms with van der Waals surface area (Å²) in [5, 5.41) is 53.6. The van der Waals surface area contributed by atoms with Crippen LogP contribution in [0.1, 0.15) is 194 Å². The zero-order valence-corrected chi connectivity index (χ0v) is 32.9. The summed E-state index contributed by atoms with van der Waals surface area (Å²) < 4.78 is 11.1. The monoisotopic (exact) mass is 728 g/mol. The molecule has 0 bridgehead atoms. The van der Waals surface area contributed by atoms with Gasteiger partial charge < -0.3 is 40.3 Å². The van der Waals surface area contributed by atoms with E-state index in [1.165, 1.54) is 128 Å². The quantitative estimate of drug-likeness (QED) is 0.0283. The number of unbranched alkanes of at least 4 members (excludes halogenated alkanes) is 25. The molecule has 0 aromatic carbocycles. The summed E-state index contributed by atoms with van der Waals surface area (Å²) in [5.74, 6) is -0.181. The van der Waals surface area contributed by atoms with Crippen molar-refractivity contribution in [3.63, 3.8) is 0 Å². The zero-order valence-electron chi connectivity index (χ0n) is 32.9. The number of hydrogen-bond donors (Lipinski definition) is 6. The number of aliphatic hydroxyl groups excluding tert-OH is 5. The molecule has 9 heteroatoms. The minimum atomic E-state index is -1.56. The molecule has 0 saturated carbocycles. The predicted octanol–water partition coefficient (Wildman–Crippen LogP) is 8.17. The molecule has 1 fully saturated rings. The van der Waals surface area contributed by atoms with Gasteiger partial charge in [-0.15, -0.1) is 0 Å². The highest BCUT2D eigenvalue weighted by Crippen LogP contribution is 2.22. The molecule has 0 spiro atoms. The average molecular weight is 728 g/mol. The summed E-state index contributed by atoms with van der Waals surface area (Å²) in [6, 6.07) is -0.795. The first kappa shape index (κ1) is 48.0. The number of carbonyl (C=O) groups excluding carboxylic acids is 1. The number of rotatable bonds is 35. The number of aliphatic hydroxyl groups is 5. The lowest BCUT2D eigenvalue weighted by Crippen LogP contribution is -2.60. The maximum absolute atomic E-state index is 12.8. The Labute approximate surface area is 312 Å². The highest BCUT2D eigenvalue weighted by molar-refractivity contribution is 5.76. The molecule has 302 valence electrons. The zero-order chi connectivity index (χ0) is 37.4. The van der Waals surface area contributed by atoms with Crippen LogP contribution < -0.4 is 5.32 Å². The molecule has 0 radical (unpaired) electrons. The third-order valence-corrected chi connectivity index (χ3v) is 10.4. The second-order valence-corrected chi connectivity index (χ2v) is 15.1. The highest BCUT2D eigenvalue weighted by Gasteiger charge is 2.44. The fourth-order valence-electron chi connectivity index (χ4n) is 6.86. The first-order valence-electron chi connectivity index (χ1n) is 21.4. The predicted molar refractivity (Wildman–Crippen MR) is 207 cm³/mol. The van der Waals surface area contributed by atoms with Crippen LogP contribution in [0.25, 0.3) is 0 Å². The lowest BCUT2D eigenvalue weighted by atomic mass is 9.99. The molecule has 1 aliphatic rings. The van der Waals surface area contributed by atoms with Crippen molar-refractivity contribution in [1.82, 2.24) is 5.32 Å². The Morgan fingerprint density at radius 2 is 1.08 bits per heavy atom. The molecule has 7 unspecified atom stereocenters. The van der Waals surface area contributed by atoms with E-state index in [0.29, 0.717) is 6.42 Å². The van der Waals surface area contributed by atoms with Crippen LogP contribution in [0, 0.1) is 0 Å². The van der Waals surface area contributed by atoms with Crippen molar-refractivity contribution in [2.24, 2.45) is 0 Å². The van der Waals surface area contributed by atoms with Crippen LogP contribution in [0.4, 0.5) is 0 Å². The van der Waals surface area contributed by atoms with Crippen LogP contribution in [0.3, 0.4) is 0 Å². The summed E-state index contributed by atoms with van der Waals surface area (Å²) in [6.45, 7) is 3.66. The summed E-state index contributed by atoms with van der Waals surface area (Å²) in [6.07, 6.45) is 30.3. The number of allylic oxidation sites excluding steroid dienone is 1. The third-order valence-electron chi connectivity index (χ3n) is 10.4. The summed E-state index contributed by atoms with van der Waals surface area (Å²) in [4.78, 5) is 12.8. The van der Waals surface area contributed by atoms with Crippen molar-refractivity contribution in [2.45, 2.75) is 236 Å². The largest absolute Gasteiger partial charge is 0.394 e. The number of carbonyl (C=O) groups is 1. The minimum Gasteiger partial charge on any atom is -0.394 e. The van der Waals surface area contributed by atoms with Gasteiger partial charge in [-0.3, -0.25) is 4.79 Å². The first-order chi connectivity index (χ1) is 24.8. The Hall–Kier alpha value is -1.07. The molecule has 1 saturated heterocycles. The average Bonchev–Trinajstić information content (AvgIpc) is 3.13. The van der Waals surface area contributed by atoms with Gasteiger partial charge in [-0.05, 0) is 19.3 Å². The molecule has 0 aliphatic carbocycles. The molecule has 9 nitrogen and oxygen atoms in total. The standard InChI is InChI=1S/C42H81NO8/c1-3-5-7-9-10-11-12-13-14-15-16-17-18-19-20-21-22-23-24-25-26-28-30-32-38(46)43-35(36(45)31-29-27-8-6-4-2)34-50-42-41(49)40(48)39(47)37(33-44)51-42/h29,31,35-37,39-42,44-45,47-49H,3-28,30,32-34H2,1-2H3,(H,43,46)/b31-29+. The summed E-state index contributed by atoms with van der Waals surface area (Å²) in [7, 11) is 0. The molecular formula is C42H81NO8. The Kier molecular flexibility index (Phi) is 31.5. The lowest BCUT2D eigenvalue weighted by molar-refractivity contribution is -0.302. The number of amides is 1. The topological polar surface area (TPSA) is 149 Å².